The highest BCUT2D eigenvalue weighted by atomic mass is 19.1. The van der Waals surface area contributed by atoms with Crippen molar-refractivity contribution in [3.8, 4) is 0 Å². The Morgan fingerprint density at radius 1 is 1.00 bits per heavy atom. The smallest absolute Gasteiger partial charge is 0.132 e. The van der Waals surface area contributed by atoms with Gasteiger partial charge in [-0.15, -0.1) is 0 Å². The van der Waals surface area contributed by atoms with Crippen molar-refractivity contribution in [1.82, 2.24) is 0 Å². The third kappa shape index (κ3) is 4.79. The third-order valence-corrected chi connectivity index (χ3v) is 6.06. The van der Waals surface area contributed by atoms with Gasteiger partial charge in [0.25, 0.3) is 0 Å². The molecule has 0 amide bonds. The molecule has 3 rings (SSSR count). The first-order valence-corrected chi connectivity index (χ1v) is 10.6. The van der Waals surface area contributed by atoms with E-state index in [0.717, 1.165) is 48.8 Å². The molecule has 1 saturated heterocycles. The normalized spacial score (nSPS) is 20.0. The van der Waals surface area contributed by atoms with Crippen LogP contribution >= 0.6 is 0 Å². The van der Waals surface area contributed by atoms with Gasteiger partial charge in [-0.2, -0.15) is 0 Å². The van der Waals surface area contributed by atoms with Crippen LogP contribution in [0.25, 0.3) is 0 Å². The molecule has 27 heavy (non-hydrogen) atoms. The van der Waals surface area contributed by atoms with E-state index in [-0.39, 0.29) is 11.9 Å². The van der Waals surface area contributed by atoms with Gasteiger partial charge in [0, 0.05) is 11.5 Å². The lowest BCUT2D eigenvalue weighted by Crippen LogP contribution is -2.20. The van der Waals surface area contributed by atoms with Gasteiger partial charge in [0.15, 0.2) is 0 Å². The summed E-state index contributed by atoms with van der Waals surface area (Å²) < 4.78 is 21.1. The summed E-state index contributed by atoms with van der Waals surface area (Å²) in [6.07, 6.45) is 7.38. The number of unbranched alkanes of at least 4 members (excludes halogenated alkanes) is 2. The van der Waals surface area contributed by atoms with Crippen LogP contribution in [0.2, 0.25) is 0 Å². The molecule has 146 valence electrons. The maximum Gasteiger partial charge on any atom is 0.132 e. The van der Waals surface area contributed by atoms with Crippen LogP contribution in [0, 0.1) is 12.7 Å². The second kappa shape index (κ2) is 9.50. The molecule has 0 N–H and O–H groups in total. The summed E-state index contributed by atoms with van der Waals surface area (Å²) >= 11 is 0. The Morgan fingerprint density at radius 3 is 2.41 bits per heavy atom. The summed E-state index contributed by atoms with van der Waals surface area (Å²) in [5.74, 6) is 0.365. The van der Waals surface area contributed by atoms with Crippen molar-refractivity contribution in [3.05, 3.63) is 70.0 Å². The summed E-state index contributed by atoms with van der Waals surface area (Å²) in [7, 11) is 0. The molecule has 1 nitrogen and oxygen atoms in total. The van der Waals surface area contributed by atoms with E-state index in [9.17, 15) is 4.39 Å². The zero-order chi connectivity index (χ0) is 19.2. The minimum Gasteiger partial charge on any atom is -0.373 e. The minimum atomic E-state index is -0.112. The molecule has 1 aliphatic rings. The van der Waals surface area contributed by atoms with Crippen molar-refractivity contribution in [1.29, 1.82) is 0 Å². The molecular weight excluding hydrogens is 335 g/mol. The van der Waals surface area contributed by atoms with Crippen LogP contribution in [0.5, 0.6) is 0 Å². The van der Waals surface area contributed by atoms with Crippen molar-refractivity contribution in [2.24, 2.45) is 0 Å². The maximum absolute atomic E-state index is 15.0. The molecule has 2 aromatic carbocycles. The molecular formula is C25H33FO. The van der Waals surface area contributed by atoms with Gasteiger partial charge >= 0.3 is 0 Å². The lowest BCUT2D eigenvalue weighted by Gasteiger charge is -2.30. The minimum absolute atomic E-state index is 0.0558. The van der Waals surface area contributed by atoms with E-state index in [4.69, 9.17) is 4.74 Å². The molecule has 2 aromatic rings. The van der Waals surface area contributed by atoms with Gasteiger partial charge in [0.05, 0.1) is 12.7 Å². The summed E-state index contributed by atoms with van der Waals surface area (Å²) in [6.45, 7) is 6.96. The monoisotopic (exact) mass is 368 g/mol. The highest BCUT2D eigenvalue weighted by Gasteiger charge is 2.26. The van der Waals surface area contributed by atoms with E-state index in [1.54, 1.807) is 0 Å². The Labute approximate surface area is 164 Å². The highest BCUT2D eigenvalue weighted by molar-refractivity contribution is 5.35. The van der Waals surface area contributed by atoms with Crippen LogP contribution in [0.15, 0.2) is 36.4 Å². The van der Waals surface area contributed by atoms with Gasteiger partial charge in [-0.1, -0.05) is 63.1 Å². The Balaban J connectivity index is 1.64. The number of hydrogen-bond donors (Lipinski definition) is 0. The lowest BCUT2D eigenvalue weighted by atomic mass is 9.88. The van der Waals surface area contributed by atoms with Crippen molar-refractivity contribution >= 4 is 0 Å². The molecule has 0 saturated carbocycles. The van der Waals surface area contributed by atoms with Crippen LogP contribution in [0.3, 0.4) is 0 Å². The van der Waals surface area contributed by atoms with Gasteiger partial charge < -0.3 is 4.74 Å². The quantitative estimate of drug-likeness (QED) is 0.475. The number of ether oxygens (including phenoxy) is 1. The number of rotatable bonds is 7. The predicted octanol–water partition coefficient (Wildman–Crippen LogP) is 7.06. The Morgan fingerprint density at radius 2 is 1.78 bits per heavy atom. The second-order valence-corrected chi connectivity index (χ2v) is 7.90. The number of benzene rings is 2. The van der Waals surface area contributed by atoms with Crippen molar-refractivity contribution in [2.75, 3.05) is 6.61 Å². The fourth-order valence-corrected chi connectivity index (χ4v) is 4.12. The van der Waals surface area contributed by atoms with E-state index in [2.05, 4.69) is 44.2 Å². The molecule has 2 atom stereocenters. The molecule has 1 fully saturated rings. The van der Waals surface area contributed by atoms with E-state index in [1.165, 1.54) is 24.0 Å². The first-order valence-electron chi connectivity index (χ1n) is 10.6. The van der Waals surface area contributed by atoms with Crippen LogP contribution in [0.4, 0.5) is 4.39 Å². The van der Waals surface area contributed by atoms with E-state index in [0.29, 0.717) is 12.5 Å². The van der Waals surface area contributed by atoms with Crippen LogP contribution in [0.1, 0.15) is 85.8 Å². The fraction of sp³-hybridized carbons (Fsp3) is 0.520. The van der Waals surface area contributed by atoms with E-state index >= 15 is 0 Å². The molecule has 0 spiro atoms. The molecule has 0 aliphatic carbocycles. The average Bonchev–Trinajstić information content (AvgIpc) is 2.72. The van der Waals surface area contributed by atoms with Gasteiger partial charge in [-0.3, -0.25) is 0 Å². The third-order valence-electron chi connectivity index (χ3n) is 6.06. The summed E-state index contributed by atoms with van der Waals surface area (Å²) in [5, 5.41) is 0. The molecule has 0 aromatic heterocycles. The topological polar surface area (TPSA) is 9.23 Å². The lowest BCUT2D eigenvalue weighted by molar-refractivity contribution is 0.000346. The Hall–Kier alpha value is -1.67. The zero-order valence-corrected chi connectivity index (χ0v) is 17.1. The van der Waals surface area contributed by atoms with E-state index < -0.39 is 0 Å². The first kappa shape index (κ1) is 20.1. The van der Waals surface area contributed by atoms with Gasteiger partial charge in [-0.05, 0) is 61.3 Å². The van der Waals surface area contributed by atoms with Crippen LogP contribution in [-0.2, 0) is 17.6 Å². The predicted molar refractivity (Wildman–Crippen MR) is 111 cm³/mol. The van der Waals surface area contributed by atoms with Crippen molar-refractivity contribution < 1.29 is 9.13 Å². The highest BCUT2D eigenvalue weighted by Crippen LogP contribution is 2.37. The largest absolute Gasteiger partial charge is 0.373 e. The number of hydrogen-bond acceptors (Lipinski definition) is 1. The van der Waals surface area contributed by atoms with E-state index in [1.807, 2.05) is 13.0 Å². The number of halogens is 1. The molecule has 2 heteroatoms. The van der Waals surface area contributed by atoms with Gasteiger partial charge in [0.2, 0.25) is 0 Å². The van der Waals surface area contributed by atoms with Crippen LogP contribution < -0.4 is 0 Å². The van der Waals surface area contributed by atoms with Crippen molar-refractivity contribution in [2.45, 2.75) is 77.7 Å². The zero-order valence-electron chi connectivity index (χ0n) is 17.1. The Kier molecular flexibility index (Phi) is 7.07. The number of aryl methyl sites for hydroxylation is 2. The Bertz CT molecular complexity index is 727. The summed E-state index contributed by atoms with van der Waals surface area (Å²) in [6, 6.07) is 12.9. The standard InChI is InChI=1S/C25H33FO/c1-4-6-7-8-20-13-15-23(25(26)18(20)3)24-16-14-22(17-27-24)21-11-9-19(5-2)10-12-21/h9-13,15,22,24H,4-8,14,16-17H2,1-3H3. The maximum atomic E-state index is 15.0. The molecule has 1 heterocycles. The van der Waals surface area contributed by atoms with Crippen LogP contribution in [-0.4, -0.2) is 6.61 Å². The summed E-state index contributed by atoms with van der Waals surface area (Å²) in [5.41, 5.74) is 5.41. The SMILES string of the molecule is CCCCCc1ccc(C2CCC(c3ccc(CC)cc3)CO2)c(F)c1C. The average molecular weight is 369 g/mol. The molecule has 1 aliphatic heterocycles. The molecule has 0 radical (unpaired) electrons. The fourth-order valence-electron chi connectivity index (χ4n) is 4.12. The first-order chi connectivity index (χ1) is 13.1. The molecule has 2 unspecified atom stereocenters. The summed E-state index contributed by atoms with van der Waals surface area (Å²) in [4.78, 5) is 0. The van der Waals surface area contributed by atoms with Gasteiger partial charge in [-0.25, -0.2) is 4.39 Å². The second-order valence-electron chi connectivity index (χ2n) is 7.90. The van der Waals surface area contributed by atoms with Gasteiger partial charge in [0.1, 0.15) is 5.82 Å². The van der Waals surface area contributed by atoms with Crippen molar-refractivity contribution in [3.63, 3.8) is 0 Å². The molecule has 0 bridgehead atoms.